The van der Waals surface area contributed by atoms with E-state index in [1.807, 2.05) is 0 Å². The molecule has 2 rings (SSSR count). The van der Waals surface area contributed by atoms with E-state index in [-0.39, 0.29) is 51.0 Å². The minimum absolute atomic E-state index is 0. The molecule has 2 aliphatic rings. The quantitative estimate of drug-likeness (QED) is 0.275. The van der Waals surface area contributed by atoms with Crippen molar-refractivity contribution in [1.29, 1.82) is 0 Å². The van der Waals surface area contributed by atoms with Crippen LogP contribution in [0.5, 0.6) is 0 Å². The first-order chi connectivity index (χ1) is 12.4. The van der Waals surface area contributed by atoms with Crippen LogP contribution < -0.4 is 24.8 Å². The maximum absolute atomic E-state index is 6.11. The summed E-state index contributed by atoms with van der Waals surface area (Å²) < 4.78 is 12.2. The summed E-state index contributed by atoms with van der Waals surface area (Å²) in [5.74, 6) is 0. The molecular formula is C22H38Cl2O2Si3Zr. The third-order valence-electron chi connectivity index (χ3n) is 4.96. The van der Waals surface area contributed by atoms with Gasteiger partial charge in [-0.1, -0.05) is 25.9 Å². The average Bonchev–Trinajstić information content (AvgIpc) is 3.14. The van der Waals surface area contributed by atoms with Crippen LogP contribution in [0.25, 0.3) is 0 Å². The molecule has 8 heteroatoms. The molecule has 0 bridgehead atoms. The first-order valence-corrected chi connectivity index (χ1v) is 20.1. The molecule has 0 fully saturated rings. The topological polar surface area (TPSA) is 18.5 Å². The van der Waals surface area contributed by atoms with Crippen molar-refractivity contribution in [3.8, 4) is 0 Å². The Labute approximate surface area is 220 Å². The second-order valence-corrected chi connectivity index (χ2v) is 23.3. The van der Waals surface area contributed by atoms with Gasteiger partial charge in [-0.2, -0.15) is 23.3 Å². The van der Waals surface area contributed by atoms with E-state index in [1.54, 1.807) is 0 Å². The molecule has 0 spiro atoms. The van der Waals surface area contributed by atoms with Crippen LogP contribution in [0.3, 0.4) is 0 Å². The van der Waals surface area contributed by atoms with E-state index >= 15 is 0 Å². The Bertz CT molecular complexity index is 617. The maximum Gasteiger partial charge on any atom is 4.00 e. The molecule has 0 unspecified atom stereocenters. The summed E-state index contributed by atoms with van der Waals surface area (Å²) in [4.78, 5) is 0. The number of allylic oxidation sites excluding steroid dienone is 6. The molecule has 168 valence electrons. The van der Waals surface area contributed by atoms with E-state index < -0.39 is 24.7 Å². The van der Waals surface area contributed by atoms with Gasteiger partial charge in [-0.15, -0.1) is 12.8 Å². The van der Waals surface area contributed by atoms with E-state index in [4.69, 9.17) is 8.85 Å². The molecule has 0 aromatic carbocycles. The van der Waals surface area contributed by atoms with Crippen LogP contribution >= 0.6 is 0 Å². The molecule has 0 aromatic heterocycles. The van der Waals surface area contributed by atoms with Gasteiger partial charge in [-0.05, 0) is 39.3 Å². The summed E-state index contributed by atoms with van der Waals surface area (Å²) in [6.45, 7) is 20.2. The molecule has 30 heavy (non-hydrogen) atoms. The zero-order valence-corrected chi connectivity index (χ0v) is 26.9. The fourth-order valence-corrected chi connectivity index (χ4v) is 8.57. The maximum atomic E-state index is 6.11. The number of hydrogen-bond donors (Lipinski definition) is 0. The molecule has 0 heterocycles. The second kappa shape index (κ2) is 13.6. The SMILES string of the molecule is C[Si](C)(C)OCCC1=CC[C-]=C1[Si](C)(C)C1=[C-]CC=C1CCO[Si](C)(C)C.[Cl-].[Cl-].[Zr+4]. The van der Waals surface area contributed by atoms with Gasteiger partial charge in [0.1, 0.15) is 0 Å². The molecule has 0 saturated heterocycles. The third-order valence-corrected chi connectivity index (χ3v) is 10.6. The smallest absolute Gasteiger partial charge is 1.00 e. The van der Waals surface area contributed by atoms with Gasteiger partial charge in [-0.3, -0.25) is 12.2 Å². The van der Waals surface area contributed by atoms with Gasteiger partial charge < -0.3 is 33.7 Å². The molecule has 0 radical (unpaired) electrons. The van der Waals surface area contributed by atoms with Crippen molar-refractivity contribution >= 4 is 24.7 Å². The van der Waals surface area contributed by atoms with Crippen LogP contribution in [-0.2, 0) is 35.1 Å². The molecular weight excluding hydrogens is 543 g/mol. The van der Waals surface area contributed by atoms with Gasteiger partial charge in [0.25, 0.3) is 0 Å². The second-order valence-electron chi connectivity index (χ2n) is 10.0. The third kappa shape index (κ3) is 10.3. The first kappa shape index (κ1) is 33.2. The molecule has 0 aromatic rings. The standard InChI is InChI=1S/C22H38O2Si3.2ClH.Zr/c1-25(2,3)23-17-15-19-11-9-13-21(19)27(7,8)22-14-10-12-20(22)16-18-24-26(4,5)6;;;/h11-12H,9-10,15-18H2,1-8H3;2*1H;/q-2;;;+4/p-2. The fraction of sp³-hybridized carbons (Fsp3) is 0.636. The van der Waals surface area contributed by atoms with Crippen LogP contribution in [0.15, 0.2) is 33.7 Å². The van der Waals surface area contributed by atoms with Crippen molar-refractivity contribution < 1.29 is 59.9 Å². The van der Waals surface area contributed by atoms with E-state index in [9.17, 15) is 0 Å². The molecule has 0 amide bonds. The van der Waals surface area contributed by atoms with E-state index in [0.29, 0.717) is 0 Å². The summed E-state index contributed by atoms with van der Waals surface area (Å²) in [6, 6.07) is 0. The van der Waals surface area contributed by atoms with Crippen LogP contribution in [0.4, 0.5) is 0 Å². The molecule has 0 N–H and O–H groups in total. The van der Waals surface area contributed by atoms with Crippen molar-refractivity contribution in [3.05, 3.63) is 45.8 Å². The average molecular weight is 581 g/mol. The summed E-state index contributed by atoms with van der Waals surface area (Å²) in [7, 11) is -4.66. The zero-order chi connectivity index (χ0) is 20.3. The van der Waals surface area contributed by atoms with Gasteiger partial charge in [0.05, 0.1) is 0 Å². The predicted molar refractivity (Wildman–Crippen MR) is 124 cm³/mol. The van der Waals surface area contributed by atoms with Gasteiger partial charge in [-0.25, -0.2) is 10.4 Å². The fourth-order valence-electron chi connectivity index (χ4n) is 3.74. The summed E-state index contributed by atoms with van der Waals surface area (Å²) in [5, 5.41) is 2.98. The summed E-state index contributed by atoms with van der Waals surface area (Å²) in [6.07, 6.45) is 16.1. The number of halogens is 2. The summed E-state index contributed by atoms with van der Waals surface area (Å²) >= 11 is 0. The van der Waals surface area contributed by atoms with Gasteiger partial charge >= 0.3 is 26.2 Å². The van der Waals surface area contributed by atoms with Crippen molar-refractivity contribution in [2.75, 3.05) is 13.2 Å². The van der Waals surface area contributed by atoms with Gasteiger partial charge in [0.15, 0.2) is 16.6 Å². The molecule has 0 saturated carbocycles. The Hall–Kier alpha value is 0.994. The monoisotopic (exact) mass is 578 g/mol. The Morgan fingerprint density at radius 1 is 0.700 bits per heavy atom. The van der Waals surface area contributed by atoms with Crippen molar-refractivity contribution in [1.82, 2.24) is 0 Å². The Morgan fingerprint density at radius 3 is 1.33 bits per heavy atom. The minimum Gasteiger partial charge on any atom is -1.00 e. The van der Waals surface area contributed by atoms with Gasteiger partial charge in [0, 0.05) is 21.3 Å². The van der Waals surface area contributed by atoms with E-state index in [1.165, 1.54) is 21.5 Å². The Kier molecular flexibility index (Phi) is 15.1. The van der Waals surface area contributed by atoms with E-state index in [2.05, 4.69) is 76.7 Å². The van der Waals surface area contributed by atoms with Crippen molar-refractivity contribution in [2.45, 2.75) is 78.1 Å². The molecule has 2 nitrogen and oxygen atoms in total. The minimum atomic E-state index is -1.77. The zero-order valence-electron chi connectivity index (χ0n) is 20.0. The van der Waals surface area contributed by atoms with Crippen LogP contribution in [0.2, 0.25) is 52.4 Å². The summed E-state index contributed by atoms with van der Waals surface area (Å²) in [5.41, 5.74) is 2.95. The van der Waals surface area contributed by atoms with Crippen LogP contribution in [0, 0.1) is 12.2 Å². The Balaban J connectivity index is 0. The molecule has 0 atom stereocenters. The molecule has 2 aliphatic carbocycles. The van der Waals surface area contributed by atoms with Gasteiger partial charge in [0.2, 0.25) is 0 Å². The van der Waals surface area contributed by atoms with Crippen LogP contribution in [-0.4, -0.2) is 37.9 Å². The van der Waals surface area contributed by atoms with Crippen molar-refractivity contribution in [3.63, 3.8) is 0 Å². The first-order valence-electron chi connectivity index (χ1n) is 10.3. The number of hydrogen-bond acceptors (Lipinski definition) is 2. The van der Waals surface area contributed by atoms with E-state index in [0.717, 1.165) is 38.9 Å². The predicted octanol–water partition coefficient (Wildman–Crippen LogP) is 0.381. The molecule has 0 aliphatic heterocycles. The Morgan fingerprint density at radius 2 is 1.03 bits per heavy atom. The largest absolute Gasteiger partial charge is 4.00 e. The van der Waals surface area contributed by atoms with Crippen LogP contribution in [0.1, 0.15) is 25.7 Å². The number of rotatable bonds is 10. The normalized spacial score (nSPS) is 16.5. The van der Waals surface area contributed by atoms with Crippen molar-refractivity contribution in [2.24, 2.45) is 0 Å².